The van der Waals surface area contributed by atoms with Crippen molar-refractivity contribution in [3.05, 3.63) is 77.6 Å². The number of aromatic nitrogens is 4. The number of H-pyrrole nitrogens is 2. The van der Waals surface area contributed by atoms with E-state index in [4.69, 9.17) is 11.6 Å². The number of imidazole rings is 2. The van der Waals surface area contributed by atoms with Gasteiger partial charge in [0.1, 0.15) is 11.6 Å². The number of nitrogens with zero attached hydrogens (tertiary/aromatic N) is 4. The minimum atomic E-state index is 0.603. The van der Waals surface area contributed by atoms with E-state index in [0.717, 1.165) is 64.2 Å². The molecule has 6 nitrogen and oxygen atoms in total. The summed E-state index contributed by atoms with van der Waals surface area (Å²) in [5, 5.41) is 0. The van der Waals surface area contributed by atoms with Gasteiger partial charge in [-0.15, -0.1) is 0 Å². The molecule has 6 rings (SSSR count). The van der Waals surface area contributed by atoms with Gasteiger partial charge in [-0.1, -0.05) is 36.4 Å². The maximum absolute atomic E-state index is 7.17. The highest BCUT2D eigenvalue weighted by atomic mass is 14.9. The van der Waals surface area contributed by atoms with Crippen molar-refractivity contribution in [1.29, 1.82) is 0 Å². The summed E-state index contributed by atoms with van der Waals surface area (Å²) in [6.45, 7) is 8.10. The van der Waals surface area contributed by atoms with Crippen LogP contribution >= 0.6 is 0 Å². The maximum Gasteiger partial charge on any atom is 0.189 e. The second-order valence-corrected chi connectivity index (χ2v) is 7.73. The molecule has 0 spiro atoms. The Labute approximate surface area is 178 Å². The molecule has 148 valence electrons. The molecule has 0 aliphatic carbocycles. The molecular weight excluding hydrogens is 384 g/mol. The van der Waals surface area contributed by atoms with Gasteiger partial charge in [0.05, 0.1) is 28.6 Å². The Morgan fingerprint density at radius 1 is 0.742 bits per heavy atom. The summed E-state index contributed by atoms with van der Waals surface area (Å²) >= 11 is 0. The van der Waals surface area contributed by atoms with Crippen molar-refractivity contribution in [2.75, 3.05) is 6.54 Å². The predicted octanol–water partition coefficient (Wildman–Crippen LogP) is 5.91. The minimum absolute atomic E-state index is 0.603. The van der Waals surface area contributed by atoms with Gasteiger partial charge in [0, 0.05) is 23.4 Å². The van der Waals surface area contributed by atoms with Crippen molar-refractivity contribution in [1.82, 2.24) is 19.9 Å². The first-order chi connectivity index (χ1) is 15.3. The molecule has 2 N–H and O–H groups in total. The molecule has 0 saturated heterocycles. The Kier molecular flexibility index (Phi) is 3.93. The summed E-state index contributed by atoms with van der Waals surface area (Å²) in [4.78, 5) is 24.3. The number of aliphatic imine (C=N–C) groups is 1. The highest BCUT2D eigenvalue weighted by molar-refractivity contribution is 6.03. The first-order valence-electron chi connectivity index (χ1n) is 10.3. The van der Waals surface area contributed by atoms with Crippen LogP contribution < -0.4 is 0 Å². The highest BCUT2D eigenvalue weighted by Gasteiger charge is 2.12. The van der Waals surface area contributed by atoms with Crippen molar-refractivity contribution < 1.29 is 0 Å². The van der Waals surface area contributed by atoms with Crippen LogP contribution in [0.1, 0.15) is 18.4 Å². The summed E-state index contributed by atoms with van der Waals surface area (Å²) in [6.07, 6.45) is 2.19. The van der Waals surface area contributed by atoms with Gasteiger partial charge in [-0.05, 0) is 42.7 Å². The van der Waals surface area contributed by atoms with E-state index in [0.29, 0.717) is 5.69 Å². The molecule has 0 amide bonds. The average Bonchev–Trinajstić information content (AvgIpc) is 3.57. The van der Waals surface area contributed by atoms with Gasteiger partial charge in [-0.3, -0.25) is 4.99 Å². The zero-order valence-corrected chi connectivity index (χ0v) is 16.7. The van der Waals surface area contributed by atoms with E-state index >= 15 is 0 Å². The summed E-state index contributed by atoms with van der Waals surface area (Å²) in [7, 11) is 0. The lowest BCUT2D eigenvalue weighted by molar-refractivity contribution is 0.951. The average molecular weight is 402 g/mol. The molecule has 0 fully saturated rings. The lowest BCUT2D eigenvalue weighted by Gasteiger charge is -2.00. The SMILES string of the molecule is [C-]#[N+]c1ccc2nc(-c3ccc(-c4nc5ccc(C6=NCCC6)cc5[nH]4)cc3)[nH]c2c1. The third-order valence-corrected chi connectivity index (χ3v) is 5.72. The Morgan fingerprint density at radius 2 is 1.35 bits per heavy atom. The number of fused-ring (bicyclic) bond motifs is 2. The first kappa shape index (κ1) is 17.6. The van der Waals surface area contributed by atoms with E-state index < -0.39 is 0 Å². The van der Waals surface area contributed by atoms with Crippen LogP contribution in [0.25, 0.3) is 49.7 Å². The van der Waals surface area contributed by atoms with Gasteiger partial charge >= 0.3 is 0 Å². The fourth-order valence-electron chi connectivity index (χ4n) is 4.09. The molecule has 3 aromatic carbocycles. The summed E-state index contributed by atoms with van der Waals surface area (Å²) < 4.78 is 0. The zero-order valence-electron chi connectivity index (χ0n) is 16.7. The van der Waals surface area contributed by atoms with Crippen LogP contribution in [0.5, 0.6) is 0 Å². The van der Waals surface area contributed by atoms with Crippen LogP contribution in [-0.2, 0) is 0 Å². The van der Waals surface area contributed by atoms with Crippen molar-refractivity contribution in [3.63, 3.8) is 0 Å². The van der Waals surface area contributed by atoms with Gasteiger partial charge in [-0.2, -0.15) is 0 Å². The molecule has 0 radical (unpaired) electrons. The second kappa shape index (κ2) is 6.92. The lowest BCUT2D eigenvalue weighted by atomic mass is 10.1. The third-order valence-electron chi connectivity index (χ3n) is 5.72. The molecule has 0 atom stereocenters. The predicted molar refractivity (Wildman–Crippen MR) is 124 cm³/mol. The van der Waals surface area contributed by atoms with Crippen LogP contribution in [0.4, 0.5) is 5.69 Å². The number of hydrogen-bond donors (Lipinski definition) is 2. The van der Waals surface area contributed by atoms with E-state index in [1.165, 1.54) is 11.3 Å². The van der Waals surface area contributed by atoms with E-state index in [9.17, 15) is 0 Å². The molecule has 0 unspecified atom stereocenters. The summed E-state index contributed by atoms with van der Waals surface area (Å²) in [5.74, 6) is 1.63. The lowest BCUT2D eigenvalue weighted by Crippen LogP contribution is -1.95. The van der Waals surface area contributed by atoms with Crippen molar-refractivity contribution in [2.45, 2.75) is 12.8 Å². The second-order valence-electron chi connectivity index (χ2n) is 7.73. The maximum atomic E-state index is 7.17. The molecule has 1 aliphatic heterocycles. The van der Waals surface area contributed by atoms with Crippen LogP contribution in [0.2, 0.25) is 0 Å². The molecule has 0 bridgehead atoms. The standard InChI is InChI=1S/C25H18N6/c1-26-18-9-11-21-23(14-18)31-25(29-21)16-6-4-15(5-7-16)24-28-20-10-8-17(13-22(20)30-24)19-3-2-12-27-19/h4-11,13-14H,2-3,12H2,(H,28,30)(H,29,31). The molecule has 3 heterocycles. The zero-order chi connectivity index (χ0) is 20.8. The fourth-order valence-corrected chi connectivity index (χ4v) is 4.09. The number of benzene rings is 3. The molecule has 0 saturated carbocycles. The largest absolute Gasteiger partial charge is 0.339 e. The Balaban J connectivity index is 1.32. The first-order valence-corrected chi connectivity index (χ1v) is 10.3. The van der Waals surface area contributed by atoms with Crippen LogP contribution in [-0.4, -0.2) is 32.2 Å². The van der Waals surface area contributed by atoms with Gasteiger partial charge in [-0.25, -0.2) is 14.8 Å². The number of nitrogens with one attached hydrogen (secondary N) is 2. The topological polar surface area (TPSA) is 74.1 Å². The van der Waals surface area contributed by atoms with E-state index in [1.54, 1.807) is 6.07 Å². The Bertz CT molecular complexity index is 1510. The Morgan fingerprint density at radius 3 is 1.97 bits per heavy atom. The number of rotatable bonds is 3. The molecule has 1 aliphatic rings. The van der Waals surface area contributed by atoms with Crippen molar-refractivity contribution >= 4 is 33.5 Å². The monoisotopic (exact) mass is 402 g/mol. The molecular formula is C25H18N6. The van der Waals surface area contributed by atoms with Crippen LogP contribution in [0.15, 0.2) is 65.7 Å². The van der Waals surface area contributed by atoms with Gasteiger partial charge in [0.25, 0.3) is 0 Å². The Hall–Kier alpha value is -4.24. The van der Waals surface area contributed by atoms with Crippen molar-refractivity contribution in [3.8, 4) is 22.8 Å². The molecule has 2 aromatic heterocycles. The summed E-state index contributed by atoms with van der Waals surface area (Å²) in [5.41, 5.74) is 8.69. The normalized spacial score (nSPS) is 13.6. The van der Waals surface area contributed by atoms with Gasteiger partial charge in [0.15, 0.2) is 5.69 Å². The van der Waals surface area contributed by atoms with Gasteiger partial charge < -0.3 is 9.97 Å². The van der Waals surface area contributed by atoms with E-state index in [1.807, 2.05) is 36.4 Å². The van der Waals surface area contributed by atoms with Crippen molar-refractivity contribution in [2.24, 2.45) is 4.99 Å². The van der Waals surface area contributed by atoms with E-state index in [-0.39, 0.29) is 0 Å². The minimum Gasteiger partial charge on any atom is -0.339 e. The summed E-state index contributed by atoms with van der Waals surface area (Å²) in [6, 6.07) is 20.0. The number of aromatic amines is 2. The fraction of sp³-hybridized carbons (Fsp3) is 0.120. The van der Waals surface area contributed by atoms with Crippen LogP contribution in [0.3, 0.4) is 0 Å². The third kappa shape index (κ3) is 3.08. The molecule has 6 heteroatoms. The van der Waals surface area contributed by atoms with E-state index in [2.05, 4.69) is 43.0 Å². The molecule has 5 aromatic rings. The highest BCUT2D eigenvalue weighted by Crippen LogP contribution is 2.27. The molecule has 31 heavy (non-hydrogen) atoms. The number of hydrogen-bond acceptors (Lipinski definition) is 3. The smallest absolute Gasteiger partial charge is 0.189 e. The van der Waals surface area contributed by atoms with Gasteiger partial charge in [0.2, 0.25) is 0 Å². The van der Waals surface area contributed by atoms with Crippen LogP contribution in [0, 0.1) is 6.57 Å². The quantitative estimate of drug-likeness (QED) is 0.368.